The van der Waals surface area contributed by atoms with E-state index in [4.69, 9.17) is 5.11 Å². The lowest BCUT2D eigenvalue weighted by Gasteiger charge is -2.15. The van der Waals surface area contributed by atoms with Crippen molar-refractivity contribution in [1.82, 2.24) is 14.5 Å². The van der Waals surface area contributed by atoms with E-state index in [1.807, 2.05) is 13.8 Å². The molecule has 1 heterocycles. The lowest BCUT2D eigenvalue weighted by atomic mass is 10.1. The molecule has 0 spiro atoms. The lowest BCUT2D eigenvalue weighted by molar-refractivity contribution is 0.0770. The molecule has 0 aliphatic carbocycles. The molecule has 1 N–H and O–H groups in total. The van der Waals surface area contributed by atoms with Crippen molar-refractivity contribution in [3.05, 3.63) is 10.6 Å². The Kier molecular flexibility index (Phi) is 4.16. The third kappa shape index (κ3) is 2.73. The quantitative estimate of drug-likeness (QED) is 0.826. The maximum atomic E-state index is 11.9. The molecule has 0 aliphatic heterocycles. The summed E-state index contributed by atoms with van der Waals surface area (Å²) >= 11 is 1.11. The van der Waals surface area contributed by atoms with Crippen molar-refractivity contribution in [2.45, 2.75) is 19.8 Å². The van der Waals surface area contributed by atoms with Gasteiger partial charge in [-0.1, -0.05) is 18.3 Å². The molecule has 15 heavy (non-hydrogen) atoms. The topological polar surface area (TPSA) is 66.3 Å². The average Bonchev–Trinajstić information content (AvgIpc) is 2.65. The Morgan fingerprint density at radius 3 is 2.80 bits per heavy atom. The van der Waals surface area contributed by atoms with E-state index in [1.165, 1.54) is 4.90 Å². The van der Waals surface area contributed by atoms with Crippen LogP contribution in [0.4, 0.5) is 0 Å². The van der Waals surface area contributed by atoms with Gasteiger partial charge < -0.3 is 10.0 Å². The van der Waals surface area contributed by atoms with Crippen LogP contribution in [0.5, 0.6) is 0 Å². The molecule has 1 amide bonds. The van der Waals surface area contributed by atoms with Crippen LogP contribution in [-0.4, -0.2) is 45.7 Å². The number of likely N-dealkylation sites (N-methyl/N-ethyl adjacent to an activating group) is 1. The van der Waals surface area contributed by atoms with Gasteiger partial charge in [0.1, 0.15) is 4.88 Å². The summed E-state index contributed by atoms with van der Waals surface area (Å²) in [5.74, 6) is 0.0629. The van der Waals surface area contributed by atoms with Crippen molar-refractivity contribution < 1.29 is 9.90 Å². The third-order valence-electron chi connectivity index (χ3n) is 2.04. The van der Waals surface area contributed by atoms with Gasteiger partial charge in [-0.25, -0.2) is 0 Å². The number of nitrogens with zero attached hydrogens (tertiary/aromatic N) is 3. The monoisotopic (exact) mass is 229 g/mol. The zero-order chi connectivity index (χ0) is 11.4. The van der Waals surface area contributed by atoms with Crippen molar-refractivity contribution in [1.29, 1.82) is 0 Å². The molecule has 1 aromatic heterocycles. The van der Waals surface area contributed by atoms with Crippen LogP contribution in [0, 0.1) is 0 Å². The van der Waals surface area contributed by atoms with Crippen LogP contribution in [0.1, 0.15) is 35.1 Å². The van der Waals surface area contributed by atoms with E-state index in [0.717, 1.165) is 17.2 Å². The molecule has 5 nitrogen and oxygen atoms in total. The lowest BCUT2D eigenvalue weighted by Crippen LogP contribution is -2.29. The highest BCUT2D eigenvalue weighted by Gasteiger charge is 2.21. The first-order chi connectivity index (χ1) is 7.07. The van der Waals surface area contributed by atoms with Gasteiger partial charge in [-0.05, 0) is 17.5 Å². The van der Waals surface area contributed by atoms with E-state index in [1.54, 1.807) is 7.05 Å². The summed E-state index contributed by atoms with van der Waals surface area (Å²) in [4.78, 5) is 13.9. The maximum Gasteiger partial charge on any atom is 0.267 e. The van der Waals surface area contributed by atoms with Gasteiger partial charge >= 0.3 is 0 Å². The van der Waals surface area contributed by atoms with Crippen LogP contribution >= 0.6 is 11.5 Å². The Balaban J connectivity index is 2.86. The Hall–Kier alpha value is -1.01. The first-order valence-electron chi connectivity index (χ1n) is 4.76. The van der Waals surface area contributed by atoms with Crippen LogP contribution in [0.25, 0.3) is 0 Å². The summed E-state index contributed by atoms with van der Waals surface area (Å²) in [7, 11) is 1.66. The summed E-state index contributed by atoms with van der Waals surface area (Å²) < 4.78 is 3.79. The number of carbonyl (C=O) groups is 1. The van der Waals surface area contributed by atoms with Crippen LogP contribution in [0.2, 0.25) is 0 Å². The molecule has 0 bridgehead atoms. The van der Waals surface area contributed by atoms with Gasteiger partial charge in [-0.15, -0.1) is 5.10 Å². The van der Waals surface area contributed by atoms with E-state index in [2.05, 4.69) is 9.59 Å². The molecule has 0 unspecified atom stereocenters. The second kappa shape index (κ2) is 5.18. The third-order valence-corrected chi connectivity index (χ3v) is 2.77. The largest absolute Gasteiger partial charge is 0.395 e. The predicted molar refractivity (Wildman–Crippen MR) is 58.0 cm³/mol. The van der Waals surface area contributed by atoms with Crippen molar-refractivity contribution in [2.24, 2.45) is 0 Å². The molecule has 0 atom stereocenters. The Morgan fingerprint density at radius 1 is 1.60 bits per heavy atom. The van der Waals surface area contributed by atoms with E-state index in [-0.39, 0.29) is 18.4 Å². The van der Waals surface area contributed by atoms with Gasteiger partial charge in [0.2, 0.25) is 0 Å². The molecule has 0 aromatic carbocycles. The van der Waals surface area contributed by atoms with Gasteiger partial charge in [0.05, 0.1) is 12.3 Å². The van der Waals surface area contributed by atoms with Crippen molar-refractivity contribution >= 4 is 17.4 Å². The number of carbonyl (C=O) groups excluding carboxylic acids is 1. The van der Waals surface area contributed by atoms with Gasteiger partial charge in [-0.3, -0.25) is 4.79 Å². The molecule has 1 aromatic rings. The molecule has 0 saturated carbocycles. The molecule has 0 radical (unpaired) electrons. The second-order valence-electron chi connectivity index (χ2n) is 3.59. The molecular weight excluding hydrogens is 214 g/mol. The first-order valence-corrected chi connectivity index (χ1v) is 5.53. The second-order valence-corrected chi connectivity index (χ2v) is 4.35. The summed E-state index contributed by atoms with van der Waals surface area (Å²) in [6, 6.07) is 0. The highest BCUT2D eigenvalue weighted by atomic mass is 32.1. The number of aliphatic hydroxyl groups is 1. The summed E-state index contributed by atoms with van der Waals surface area (Å²) in [6.45, 7) is 4.23. The number of hydrogen-bond acceptors (Lipinski definition) is 5. The van der Waals surface area contributed by atoms with E-state index < -0.39 is 0 Å². The zero-order valence-corrected chi connectivity index (χ0v) is 9.91. The average molecular weight is 229 g/mol. The predicted octanol–water partition coefficient (Wildman–Crippen LogP) is 0.726. The SMILES string of the molecule is CC(C)c1nnsc1C(=O)N(C)CCO. The fourth-order valence-electron chi connectivity index (χ4n) is 1.15. The van der Waals surface area contributed by atoms with Crippen LogP contribution in [-0.2, 0) is 0 Å². The zero-order valence-electron chi connectivity index (χ0n) is 9.10. The number of hydrogen-bond donors (Lipinski definition) is 1. The number of rotatable bonds is 4. The number of aliphatic hydroxyl groups excluding tert-OH is 1. The minimum Gasteiger partial charge on any atom is -0.395 e. The van der Waals surface area contributed by atoms with Gasteiger partial charge in [0.25, 0.3) is 5.91 Å². The molecule has 6 heteroatoms. The molecular formula is C9H15N3O2S. The summed E-state index contributed by atoms with van der Waals surface area (Å²) in [5.41, 5.74) is 0.731. The Morgan fingerprint density at radius 2 is 2.27 bits per heavy atom. The number of aromatic nitrogens is 2. The van der Waals surface area contributed by atoms with E-state index in [0.29, 0.717) is 11.4 Å². The summed E-state index contributed by atoms with van der Waals surface area (Å²) in [6.07, 6.45) is 0. The van der Waals surface area contributed by atoms with Gasteiger partial charge in [0, 0.05) is 13.6 Å². The standard InChI is InChI=1S/C9H15N3O2S/c1-6(2)7-8(15-11-10-7)9(14)12(3)4-5-13/h6,13H,4-5H2,1-3H3. The highest BCUT2D eigenvalue weighted by molar-refractivity contribution is 7.08. The Bertz CT molecular complexity index is 338. The van der Waals surface area contributed by atoms with Crippen LogP contribution in [0.15, 0.2) is 0 Å². The number of amides is 1. The van der Waals surface area contributed by atoms with Crippen LogP contribution < -0.4 is 0 Å². The highest BCUT2D eigenvalue weighted by Crippen LogP contribution is 2.20. The first kappa shape index (κ1) is 12.1. The van der Waals surface area contributed by atoms with Crippen molar-refractivity contribution in [2.75, 3.05) is 20.2 Å². The van der Waals surface area contributed by atoms with Crippen molar-refractivity contribution in [3.8, 4) is 0 Å². The molecule has 84 valence electrons. The fourth-order valence-corrected chi connectivity index (χ4v) is 1.96. The maximum absolute atomic E-state index is 11.9. The molecule has 1 rings (SSSR count). The molecule has 0 fully saturated rings. The minimum atomic E-state index is -0.122. The normalized spacial score (nSPS) is 10.7. The Labute approximate surface area is 92.9 Å². The molecule has 0 saturated heterocycles. The molecule has 0 aliphatic rings. The smallest absolute Gasteiger partial charge is 0.267 e. The van der Waals surface area contributed by atoms with Gasteiger partial charge in [-0.2, -0.15) is 0 Å². The van der Waals surface area contributed by atoms with E-state index in [9.17, 15) is 4.79 Å². The summed E-state index contributed by atoms with van der Waals surface area (Å²) in [5, 5.41) is 12.7. The minimum absolute atomic E-state index is 0.0362. The van der Waals surface area contributed by atoms with Gasteiger partial charge in [0.15, 0.2) is 0 Å². The van der Waals surface area contributed by atoms with Crippen molar-refractivity contribution in [3.63, 3.8) is 0 Å². The van der Waals surface area contributed by atoms with Crippen LogP contribution in [0.3, 0.4) is 0 Å². The fraction of sp³-hybridized carbons (Fsp3) is 0.667. The van der Waals surface area contributed by atoms with E-state index >= 15 is 0 Å².